The number of halogens is 1. The second kappa shape index (κ2) is 9.38. The van der Waals surface area contributed by atoms with E-state index in [1.165, 1.54) is 11.5 Å². The normalized spacial score (nSPS) is 17.5. The molecule has 162 valence electrons. The van der Waals surface area contributed by atoms with E-state index >= 15 is 0 Å². The van der Waals surface area contributed by atoms with Crippen molar-refractivity contribution in [2.75, 3.05) is 5.75 Å². The van der Waals surface area contributed by atoms with Crippen molar-refractivity contribution < 1.29 is 12.8 Å². The van der Waals surface area contributed by atoms with E-state index in [1.54, 1.807) is 30.0 Å². The molecule has 8 heteroatoms. The lowest BCUT2D eigenvalue weighted by Gasteiger charge is -2.22. The van der Waals surface area contributed by atoms with Crippen LogP contribution in [0.1, 0.15) is 47.0 Å². The van der Waals surface area contributed by atoms with Gasteiger partial charge in [0.2, 0.25) is 10.0 Å². The standard InChI is InChI=1S/C23H24FN3O2S2/c1-16(18-7-3-2-4-8-18)27-31(28,29)11-10-22-21-15-30-14-19(23(21)26-25-22)12-17-6-5-9-20(24)13-17/h2-11,13,16,19,27H,12,14-15H2,1H3,(H,25,26)/b11-10+/t16-,19?/m0/s1. The van der Waals surface area contributed by atoms with E-state index in [0.717, 1.165) is 33.9 Å². The number of nitrogens with zero attached hydrogens (tertiary/aromatic N) is 1. The first-order valence-corrected chi connectivity index (χ1v) is 12.8. The van der Waals surface area contributed by atoms with Gasteiger partial charge in [0.1, 0.15) is 5.82 Å². The molecule has 5 nitrogen and oxygen atoms in total. The highest BCUT2D eigenvalue weighted by atomic mass is 32.2. The molecule has 1 aliphatic heterocycles. The van der Waals surface area contributed by atoms with Crippen molar-refractivity contribution in [1.82, 2.24) is 14.9 Å². The first-order valence-electron chi connectivity index (χ1n) is 10.1. The highest BCUT2D eigenvalue weighted by Crippen LogP contribution is 2.36. The summed E-state index contributed by atoms with van der Waals surface area (Å²) in [6, 6.07) is 15.7. The molecule has 31 heavy (non-hydrogen) atoms. The van der Waals surface area contributed by atoms with E-state index in [1.807, 2.05) is 43.3 Å². The molecule has 4 rings (SSSR count). The van der Waals surface area contributed by atoms with Crippen LogP contribution in [-0.2, 0) is 22.2 Å². The number of sulfonamides is 1. The molecule has 2 heterocycles. The van der Waals surface area contributed by atoms with Crippen LogP contribution >= 0.6 is 11.8 Å². The number of hydrogen-bond acceptors (Lipinski definition) is 4. The molecule has 1 aliphatic rings. The average Bonchev–Trinajstić information content (AvgIpc) is 3.17. The minimum atomic E-state index is -3.63. The molecule has 2 N–H and O–H groups in total. The van der Waals surface area contributed by atoms with Crippen LogP contribution < -0.4 is 4.72 Å². The van der Waals surface area contributed by atoms with Crippen molar-refractivity contribution >= 4 is 27.9 Å². The molecule has 0 bridgehead atoms. The van der Waals surface area contributed by atoms with Gasteiger partial charge < -0.3 is 0 Å². The molecule has 0 amide bonds. The van der Waals surface area contributed by atoms with Crippen molar-refractivity contribution in [2.45, 2.75) is 31.1 Å². The maximum absolute atomic E-state index is 13.5. The summed E-state index contributed by atoms with van der Waals surface area (Å²) in [6.07, 6.45) is 2.25. The Morgan fingerprint density at radius 3 is 2.84 bits per heavy atom. The number of aromatic nitrogens is 2. The molecule has 0 saturated heterocycles. The first kappa shape index (κ1) is 21.8. The number of rotatable bonds is 7. The Bertz CT molecular complexity index is 1180. The van der Waals surface area contributed by atoms with Gasteiger partial charge in [-0.3, -0.25) is 5.10 Å². The second-order valence-corrected chi connectivity index (χ2v) is 10.3. The fourth-order valence-electron chi connectivity index (χ4n) is 3.77. The summed E-state index contributed by atoms with van der Waals surface area (Å²) in [5.41, 5.74) is 4.48. The van der Waals surface area contributed by atoms with Crippen LogP contribution in [0, 0.1) is 5.82 Å². The Balaban J connectivity index is 1.48. The molecule has 1 unspecified atom stereocenters. The maximum Gasteiger partial charge on any atom is 0.234 e. The molecule has 2 aromatic carbocycles. The zero-order chi connectivity index (χ0) is 21.8. The zero-order valence-electron chi connectivity index (χ0n) is 17.1. The Labute approximate surface area is 186 Å². The first-order chi connectivity index (χ1) is 14.9. The molecular formula is C23H24FN3O2S2. The van der Waals surface area contributed by atoms with Gasteiger partial charge in [-0.2, -0.15) is 16.9 Å². The predicted molar refractivity (Wildman–Crippen MR) is 124 cm³/mol. The fraction of sp³-hybridized carbons (Fsp3) is 0.261. The summed E-state index contributed by atoms with van der Waals surface area (Å²) in [5, 5.41) is 8.62. The van der Waals surface area contributed by atoms with Crippen molar-refractivity contribution in [3.63, 3.8) is 0 Å². The lowest BCUT2D eigenvalue weighted by molar-refractivity contribution is 0.576. The van der Waals surface area contributed by atoms with Crippen LogP contribution in [0.5, 0.6) is 0 Å². The molecule has 0 radical (unpaired) electrons. The maximum atomic E-state index is 13.5. The van der Waals surface area contributed by atoms with Crippen molar-refractivity contribution in [3.05, 3.63) is 93.9 Å². The Hall–Kier alpha value is -2.42. The Kier molecular flexibility index (Phi) is 6.60. The van der Waals surface area contributed by atoms with Gasteiger partial charge in [-0.15, -0.1) is 0 Å². The molecule has 0 fully saturated rings. The third kappa shape index (κ3) is 5.44. The number of H-pyrrole nitrogens is 1. The number of hydrogen-bond donors (Lipinski definition) is 2. The van der Waals surface area contributed by atoms with Crippen LogP contribution in [0.15, 0.2) is 60.0 Å². The lowest BCUT2D eigenvalue weighted by atomic mass is 9.94. The van der Waals surface area contributed by atoms with Gasteiger partial charge >= 0.3 is 0 Å². The summed E-state index contributed by atoms with van der Waals surface area (Å²) in [6.45, 7) is 1.81. The molecule has 1 aromatic heterocycles. The zero-order valence-corrected chi connectivity index (χ0v) is 18.7. The molecule has 2 atom stereocenters. The van der Waals surface area contributed by atoms with E-state index in [0.29, 0.717) is 12.1 Å². The Morgan fingerprint density at radius 1 is 1.26 bits per heavy atom. The minimum Gasteiger partial charge on any atom is -0.281 e. The Morgan fingerprint density at radius 2 is 2.06 bits per heavy atom. The van der Waals surface area contributed by atoms with Crippen molar-refractivity contribution in [1.29, 1.82) is 0 Å². The average molecular weight is 458 g/mol. The van der Waals surface area contributed by atoms with Crippen LogP contribution in [0.2, 0.25) is 0 Å². The summed E-state index contributed by atoms with van der Waals surface area (Å²) in [7, 11) is -3.63. The van der Waals surface area contributed by atoms with Gasteiger partial charge in [0.25, 0.3) is 0 Å². The van der Waals surface area contributed by atoms with Crippen LogP contribution in [0.3, 0.4) is 0 Å². The summed E-state index contributed by atoms with van der Waals surface area (Å²) < 4.78 is 41.3. The SMILES string of the molecule is C[C@H](NS(=O)(=O)/C=C/c1n[nH]c2c1CSCC2Cc1cccc(F)c1)c1ccccc1. The van der Waals surface area contributed by atoms with Gasteiger partial charge in [-0.25, -0.2) is 17.5 Å². The predicted octanol–water partition coefficient (Wildman–Crippen LogP) is 4.77. The molecule has 0 aliphatic carbocycles. The van der Waals surface area contributed by atoms with E-state index in [-0.39, 0.29) is 17.8 Å². The third-order valence-corrected chi connectivity index (χ3v) is 7.63. The number of aromatic amines is 1. The lowest BCUT2D eigenvalue weighted by Crippen LogP contribution is -2.24. The number of thioether (sulfide) groups is 1. The van der Waals surface area contributed by atoms with Crippen LogP contribution in [-0.4, -0.2) is 24.4 Å². The topological polar surface area (TPSA) is 74.8 Å². The summed E-state index contributed by atoms with van der Waals surface area (Å²) in [5.74, 6) is 1.61. The quantitative estimate of drug-likeness (QED) is 0.536. The number of benzene rings is 2. The van der Waals surface area contributed by atoms with Gasteiger partial charge in [0, 0.05) is 40.1 Å². The second-order valence-electron chi connectivity index (χ2n) is 7.65. The highest BCUT2D eigenvalue weighted by Gasteiger charge is 2.25. The van der Waals surface area contributed by atoms with E-state index in [9.17, 15) is 12.8 Å². The largest absolute Gasteiger partial charge is 0.281 e. The highest BCUT2D eigenvalue weighted by molar-refractivity contribution is 7.98. The molecule has 0 saturated carbocycles. The van der Waals surface area contributed by atoms with Gasteiger partial charge in [0.05, 0.1) is 5.69 Å². The van der Waals surface area contributed by atoms with Gasteiger partial charge in [0.15, 0.2) is 0 Å². The molecule has 0 spiro atoms. The fourth-order valence-corrected chi connectivity index (χ4v) is 5.98. The number of fused-ring (bicyclic) bond motifs is 1. The van der Waals surface area contributed by atoms with Crippen molar-refractivity contribution in [2.24, 2.45) is 0 Å². The summed E-state index contributed by atoms with van der Waals surface area (Å²) >= 11 is 1.78. The number of nitrogens with one attached hydrogen (secondary N) is 2. The molecular weight excluding hydrogens is 433 g/mol. The third-order valence-electron chi connectivity index (χ3n) is 5.32. The molecule has 3 aromatic rings. The minimum absolute atomic E-state index is 0.179. The van der Waals surface area contributed by atoms with Crippen molar-refractivity contribution in [3.8, 4) is 0 Å². The van der Waals surface area contributed by atoms with E-state index in [2.05, 4.69) is 14.9 Å². The van der Waals surface area contributed by atoms with E-state index in [4.69, 9.17) is 0 Å². The van der Waals surface area contributed by atoms with Crippen LogP contribution in [0.4, 0.5) is 4.39 Å². The monoisotopic (exact) mass is 457 g/mol. The van der Waals surface area contributed by atoms with Gasteiger partial charge in [-0.05, 0) is 42.7 Å². The smallest absolute Gasteiger partial charge is 0.234 e. The van der Waals surface area contributed by atoms with Crippen LogP contribution in [0.25, 0.3) is 6.08 Å². The van der Waals surface area contributed by atoms with E-state index < -0.39 is 10.0 Å². The summed E-state index contributed by atoms with van der Waals surface area (Å²) in [4.78, 5) is 0. The van der Waals surface area contributed by atoms with Gasteiger partial charge in [-0.1, -0.05) is 42.5 Å².